The Hall–Kier alpha value is -0.620. The van der Waals surface area contributed by atoms with Crippen LogP contribution in [0.1, 0.15) is 91.9 Å². The maximum atomic E-state index is 11.0. The van der Waals surface area contributed by atoms with Crippen molar-refractivity contribution in [3.05, 3.63) is 0 Å². The van der Waals surface area contributed by atoms with Crippen molar-refractivity contribution in [2.75, 3.05) is 0 Å². The number of alkyl halides is 1. The van der Waals surface area contributed by atoms with Gasteiger partial charge in [-0.2, -0.15) is 0 Å². The molecular formula is C20H37BrO5. The van der Waals surface area contributed by atoms with Gasteiger partial charge in [-0.05, 0) is 18.3 Å². The van der Waals surface area contributed by atoms with Gasteiger partial charge in [-0.1, -0.05) is 95.0 Å². The molecule has 0 fully saturated rings. The predicted octanol–water partition coefficient (Wildman–Crippen LogP) is 5.23. The largest absolute Gasteiger partial charge is 0.480 e. The Kier molecular flexibility index (Phi) is 11.7. The van der Waals surface area contributed by atoms with Crippen LogP contribution in [0.2, 0.25) is 0 Å². The summed E-state index contributed by atoms with van der Waals surface area (Å²) < 4.78 is 0. The number of unbranched alkanes of at least 4 members (excludes halogenated alkanes) is 7. The van der Waals surface area contributed by atoms with E-state index in [1.165, 1.54) is 19.3 Å². The molecule has 0 aliphatic carbocycles. The van der Waals surface area contributed by atoms with Crippen LogP contribution in [0.4, 0.5) is 0 Å². The third-order valence-corrected chi connectivity index (χ3v) is 6.90. The van der Waals surface area contributed by atoms with E-state index in [1.807, 2.05) is 13.8 Å². The van der Waals surface area contributed by atoms with Crippen LogP contribution in [0, 0.1) is 10.8 Å². The number of carboxylic acid groups (broad SMARTS) is 2. The molecule has 3 N–H and O–H groups in total. The number of halogens is 1. The van der Waals surface area contributed by atoms with Gasteiger partial charge in [-0.15, -0.1) is 0 Å². The molecule has 0 unspecified atom stereocenters. The van der Waals surface area contributed by atoms with Gasteiger partial charge in [0, 0.05) is 5.41 Å². The van der Waals surface area contributed by atoms with Crippen molar-refractivity contribution in [1.82, 2.24) is 0 Å². The van der Waals surface area contributed by atoms with Gasteiger partial charge in [-0.3, -0.25) is 4.79 Å². The Bertz CT molecular complexity index is 394. The second-order valence-electron chi connectivity index (χ2n) is 8.75. The van der Waals surface area contributed by atoms with E-state index in [2.05, 4.69) is 15.9 Å². The number of carboxylic acids is 2. The van der Waals surface area contributed by atoms with E-state index >= 15 is 0 Å². The minimum Gasteiger partial charge on any atom is -0.480 e. The average Bonchev–Trinajstić information content (AvgIpc) is 2.54. The van der Waals surface area contributed by atoms with E-state index in [-0.39, 0.29) is 5.41 Å². The highest BCUT2D eigenvalue weighted by molar-refractivity contribution is 9.10. The molecule has 0 amide bonds. The van der Waals surface area contributed by atoms with Crippen molar-refractivity contribution in [1.29, 1.82) is 0 Å². The van der Waals surface area contributed by atoms with Gasteiger partial charge in [0.2, 0.25) is 0 Å². The zero-order chi connectivity index (χ0) is 20.4. The van der Waals surface area contributed by atoms with Crippen molar-refractivity contribution in [3.8, 4) is 0 Å². The summed E-state index contributed by atoms with van der Waals surface area (Å²) in [5.74, 6) is -1.94. The topological polar surface area (TPSA) is 94.8 Å². The highest BCUT2D eigenvalue weighted by Gasteiger charge is 2.33. The maximum absolute atomic E-state index is 11.0. The fourth-order valence-corrected chi connectivity index (χ4v) is 3.38. The molecule has 0 aliphatic rings. The van der Waals surface area contributed by atoms with Crippen molar-refractivity contribution >= 4 is 27.9 Å². The molecule has 26 heavy (non-hydrogen) atoms. The monoisotopic (exact) mass is 436 g/mol. The van der Waals surface area contributed by atoms with E-state index in [9.17, 15) is 14.7 Å². The lowest BCUT2D eigenvalue weighted by Crippen LogP contribution is -2.36. The van der Waals surface area contributed by atoms with Crippen LogP contribution >= 0.6 is 15.9 Å². The fourth-order valence-electron chi connectivity index (χ4n) is 3.15. The molecule has 0 aromatic carbocycles. The van der Waals surface area contributed by atoms with Crippen LogP contribution in [-0.4, -0.2) is 38.2 Å². The van der Waals surface area contributed by atoms with Crippen molar-refractivity contribution < 1.29 is 24.9 Å². The lowest BCUT2D eigenvalue weighted by Gasteiger charge is -2.27. The number of aliphatic hydroxyl groups is 1. The predicted molar refractivity (Wildman–Crippen MR) is 108 cm³/mol. The van der Waals surface area contributed by atoms with Crippen molar-refractivity contribution in [3.63, 3.8) is 0 Å². The van der Waals surface area contributed by atoms with E-state index in [1.54, 1.807) is 13.8 Å². The first-order valence-electron chi connectivity index (χ1n) is 9.69. The van der Waals surface area contributed by atoms with Crippen molar-refractivity contribution in [2.45, 2.75) is 103 Å². The Morgan fingerprint density at radius 2 is 1.08 bits per heavy atom. The molecule has 5 nitrogen and oxygen atoms in total. The van der Waals surface area contributed by atoms with Crippen molar-refractivity contribution in [2.24, 2.45) is 10.8 Å². The van der Waals surface area contributed by atoms with Crippen LogP contribution in [0.5, 0.6) is 0 Å². The molecule has 6 heteroatoms. The summed E-state index contributed by atoms with van der Waals surface area (Å²) in [5.41, 5.74) is -0.818. The summed E-state index contributed by atoms with van der Waals surface area (Å²) >= 11 is 3.26. The van der Waals surface area contributed by atoms with Gasteiger partial charge in [-0.25, -0.2) is 4.79 Å². The number of rotatable bonds is 15. The van der Waals surface area contributed by atoms with Gasteiger partial charge in [0.1, 0.15) is 4.83 Å². The molecule has 0 saturated heterocycles. The number of aliphatic hydroxyl groups excluding tert-OH is 1. The third-order valence-electron chi connectivity index (χ3n) is 5.27. The zero-order valence-corrected chi connectivity index (χ0v) is 18.3. The molecule has 0 saturated carbocycles. The lowest BCUT2D eigenvalue weighted by atomic mass is 9.81. The van der Waals surface area contributed by atoms with Crippen LogP contribution < -0.4 is 0 Å². The van der Waals surface area contributed by atoms with Crippen LogP contribution in [0.15, 0.2) is 0 Å². The van der Waals surface area contributed by atoms with E-state index < -0.39 is 28.3 Å². The summed E-state index contributed by atoms with van der Waals surface area (Å²) in [6, 6.07) is 0. The summed E-state index contributed by atoms with van der Waals surface area (Å²) in [7, 11) is 0. The number of hydrogen-bond acceptors (Lipinski definition) is 3. The molecule has 2 atom stereocenters. The minimum atomic E-state index is -1.30. The second kappa shape index (κ2) is 12.0. The quantitative estimate of drug-likeness (QED) is 0.241. The lowest BCUT2D eigenvalue weighted by molar-refractivity contribution is -0.153. The van der Waals surface area contributed by atoms with E-state index in [0.717, 1.165) is 38.5 Å². The molecule has 154 valence electrons. The number of aliphatic carboxylic acids is 2. The highest BCUT2D eigenvalue weighted by Crippen LogP contribution is 2.33. The first kappa shape index (κ1) is 25.4. The Morgan fingerprint density at radius 1 is 0.731 bits per heavy atom. The SMILES string of the molecule is CC(C)(CCCCCCCCCCC(C)(C)[C@@H](Br)C(=O)O)[C@H](O)C(=O)O. The number of hydrogen-bond donors (Lipinski definition) is 3. The summed E-state index contributed by atoms with van der Waals surface area (Å²) in [6.07, 6.45) is 9.13. The smallest absolute Gasteiger partial charge is 0.333 e. The van der Waals surface area contributed by atoms with E-state index in [4.69, 9.17) is 10.2 Å². The van der Waals surface area contributed by atoms with Crippen LogP contribution in [0.25, 0.3) is 0 Å². The van der Waals surface area contributed by atoms with E-state index in [0.29, 0.717) is 6.42 Å². The molecule has 0 aromatic heterocycles. The standard InChI is InChI=1S/C20H37BrO5/c1-19(2,15(21)17(23)24)13-11-9-7-5-6-8-10-12-14-20(3,4)16(22)18(25)26/h15-16,22H,5-14H2,1-4H3,(H,23,24)(H,25,26)/t15-,16+/m0/s1. The molecule has 0 aliphatic heterocycles. The Labute approximate surface area is 166 Å². The molecule has 0 radical (unpaired) electrons. The minimum absolute atomic E-state index is 0.237. The highest BCUT2D eigenvalue weighted by atomic mass is 79.9. The molecule has 0 aromatic rings. The first-order valence-corrected chi connectivity index (χ1v) is 10.6. The average molecular weight is 437 g/mol. The maximum Gasteiger partial charge on any atom is 0.333 e. The molecular weight excluding hydrogens is 400 g/mol. The molecule has 0 spiro atoms. The zero-order valence-electron chi connectivity index (χ0n) is 16.8. The summed E-state index contributed by atoms with van der Waals surface area (Å²) in [4.78, 5) is 21.4. The van der Waals surface area contributed by atoms with Gasteiger partial charge in [0.15, 0.2) is 6.10 Å². The molecule has 0 heterocycles. The summed E-state index contributed by atoms with van der Waals surface area (Å²) in [6.45, 7) is 7.58. The van der Waals surface area contributed by atoms with Gasteiger partial charge >= 0.3 is 11.9 Å². The van der Waals surface area contributed by atoms with Gasteiger partial charge in [0.05, 0.1) is 0 Å². The fraction of sp³-hybridized carbons (Fsp3) is 0.900. The molecule has 0 rings (SSSR count). The number of carbonyl (C=O) groups is 2. The first-order chi connectivity index (χ1) is 11.9. The third kappa shape index (κ3) is 9.91. The molecule has 0 bridgehead atoms. The normalized spacial score (nSPS) is 14.8. The Morgan fingerprint density at radius 3 is 1.42 bits per heavy atom. The summed E-state index contributed by atoms with van der Waals surface area (Å²) in [5, 5.41) is 27.6. The van der Waals surface area contributed by atoms with Crippen LogP contribution in [0.3, 0.4) is 0 Å². The van der Waals surface area contributed by atoms with Gasteiger partial charge < -0.3 is 15.3 Å². The van der Waals surface area contributed by atoms with Crippen LogP contribution in [-0.2, 0) is 9.59 Å². The second-order valence-corrected chi connectivity index (χ2v) is 9.66. The Balaban J connectivity index is 3.69. The van der Waals surface area contributed by atoms with Gasteiger partial charge in [0.25, 0.3) is 0 Å².